The first-order chi connectivity index (χ1) is 8.72. The van der Waals surface area contributed by atoms with Crippen molar-refractivity contribution < 1.29 is 19.0 Å². The Morgan fingerprint density at radius 3 is 2.67 bits per heavy atom. The SMILES string of the molecule is COCCNC(=O)c1cc2c(cc1C)OCCO2. The van der Waals surface area contributed by atoms with E-state index in [1.54, 1.807) is 13.2 Å². The Labute approximate surface area is 106 Å². The summed E-state index contributed by atoms with van der Waals surface area (Å²) < 4.78 is 15.8. The summed E-state index contributed by atoms with van der Waals surface area (Å²) in [7, 11) is 1.60. The third kappa shape index (κ3) is 2.73. The van der Waals surface area contributed by atoms with E-state index < -0.39 is 0 Å². The van der Waals surface area contributed by atoms with Crippen molar-refractivity contribution in [2.75, 3.05) is 33.5 Å². The molecular weight excluding hydrogens is 234 g/mol. The van der Waals surface area contributed by atoms with Gasteiger partial charge in [-0.2, -0.15) is 0 Å². The minimum absolute atomic E-state index is 0.124. The lowest BCUT2D eigenvalue weighted by atomic mass is 10.1. The number of ether oxygens (including phenoxy) is 3. The molecule has 1 N–H and O–H groups in total. The predicted molar refractivity (Wildman–Crippen MR) is 66.4 cm³/mol. The van der Waals surface area contributed by atoms with Gasteiger partial charge in [-0.1, -0.05) is 0 Å². The molecule has 1 aliphatic rings. The average molecular weight is 251 g/mol. The van der Waals surface area contributed by atoms with E-state index in [2.05, 4.69) is 5.32 Å². The first-order valence-corrected chi connectivity index (χ1v) is 5.89. The van der Waals surface area contributed by atoms with Gasteiger partial charge in [0.05, 0.1) is 6.61 Å². The number of hydrogen-bond acceptors (Lipinski definition) is 4. The van der Waals surface area contributed by atoms with Gasteiger partial charge >= 0.3 is 0 Å². The minimum Gasteiger partial charge on any atom is -0.486 e. The molecule has 2 rings (SSSR count). The van der Waals surface area contributed by atoms with E-state index in [1.807, 2.05) is 13.0 Å². The van der Waals surface area contributed by atoms with Crippen LogP contribution in [0.2, 0.25) is 0 Å². The number of carbonyl (C=O) groups excluding carboxylic acids is 1. The zero-order chi connectivity index (χ0) is 13.0. The molecule has 0 unspecified atom stereocenters. The van der Waals surface area contributed by atoms with E-state index >= 15 is 0 Å². The summed E-state index contributed by atoms with van der Waals surface area (Å²) in [4.78, 5) is 12.0. The zero-order valence-electron chi connectivity index (χ0n) is 10.6. The van der Waals surface area contributed by atoms with E-state index in [4.69, 9.17) is 14.2 Å². The van der Waals surface area contributed by atoms with Gasteiger partial charge in [0, 0.05) is 19.2 Å². The second-order valence-electron chi connectivity index (χ2n) is 4.06. The summed E-state index contributed by atoms with van der Waals surface area (Å²) in [5, 5.41) is 2.79. The molecule has 18 heavy (non-hydrogen) atoms. The van der Waals surface area contributed by atoms with E-state index in [0.29, 0.717) is 43.4 Å². The van der Waals surface area contributed by atoms with Crippen molar-refractivity contribution in [2.24, 2.45) is 0 Å². The van der Waals surface area contributed by atoms with Crippen LogP contribution in [0.15, 0.2) is 12.1 Å². The molecule has 0 radical (unpaired) electrons. The van der Waals surface area contributed by atoms with Crippen LogP contribution in [-0.2, 0) is 4.74 Å². The maximum Gasteiger partial charge on any atom is 0.251 e. The van der Waals surface area contributed by atoms with Crippen molar-refractivity contribution in [1.82, 2.24) is 5.32 Å². The van der Waals surface area contributed by atoms with Gasteiger partial charge in [0.1, 0.15) is 13.2 Å². The molecule has 1 aromatic carbocycles. The summed E-state index contributed by atoms with van der Waals surface area (Å²) in [5.41, 5.74) is 1.48. The van der Waals surface area contributed by atoms with Crippen molar-refractivity contribution in [3.8, 4) is 11.5 Å². The summed E-state index contributed by atoms with van der Waals surface area (Å²) >= 11 is 0. The molecule has 1 aromatic rings. The fourth-order valence-corrected chi connectivity index (χ4v) is 1.80. The van der Waals surface area contributed by atoms with Crippen LogP contribution < -0.4 is 14.8 Å². The van der Waals surface area contributed by atoms with Gasteiger partial charge < -0.3 is 19.5 Å². The molecule has 0 fully saturated rings. The molecule has 0 atom stereocenters. The van der Waals surface area contributed by atoms with Crippen LogP contribution in [0.1, 0.15) is 15.9 Å². The fourth-order valence-electron chi connectivity index (χ4n) is 1.80. The van der Waals surface area contributed by atoms with Gasteiger partial charge in [0.15, 0.2) is 11.5 Å². The fraction of sp³-hybridized carbons (Fsp3) is 0.462. The van der Waals surface area contributed by atoms with E-state index in [1.165, 1.54) is 0 Å². The highest BCUT2D eigenvalue weighted by atomic mass is 16.6. The standard InChI is InChI=1S/C13H17NO4/c1-9-7-11-12(18-6-5-17-11)8-10(9)13(15)14-3-4-16-2/h7-8H,3-6H2,1-2H3,(H,14,15). The molecule has 0 aromatic heterocycles. The largest absolute Gasteiger partial charge is 0.486 e. The molecule has 5 heteroatoms. The second-order valence-corrected chi connectivity index (χ2v) is 4.06. The maximum atomic E-state index is 12.0. The number of methoxy groups -OCH3 is 1. The number of nitrogens with one attached hydrogen (secondary N) is 1. The van der Waals surface area contributed by atoms with Crippen molar-refractivity contribution in [3.05, 3.63) is 23.3 Å². The molecule has 1 heterocycles. The lowest BCUT2D eigenvalue weighted by molar-refractivity contribution is 0.0935. The number of amides is 1. The molecular formula is C13H17NO4. The van der Waals surface area contributed by atoms with Crippen LogP contribution in [0.25, 0.3) is 0 Å². The third-order valence-electron chi connectivity index (χ3n) is 2.73. The third-order valence-corrected chi connectivity index (χ3v) is 2.73. The molecule has 5 nitrogen and oxygen atoms in total. The topological polar surface area (TPSA) is 56.8 Å². The van der Waals surface area contributed by atoms with Gasteiger partial charge in [-0.15, -0.1) is 0 Å². The van der Waals surface area contributed by atoms with Gasteiger partial charge in [-0.05, 0) is 24.6 Å². The van der Waals surface area contributed by atoms with Gasteiger partial charge in [-0.25, -0.2) is 0 Å². The molecule has 0 spiro atoms. The summed E-state index contributed by atoms with van der Waals surface area (Å²) in [6.07, 6.45) is 0. The van der Waals surface area contributed by atoms with E-state index in [9.17, 15) is 4.79 Å². The Morgan fingerprint density at radius 2 is 2.00 bits per heavy atom. The van der Waals surface area contributed by atoms with E-state index in [0.717, 1.165) is 5.56 Å². The molecule has 0 aliphatic carbocycles. The second kappa shape index (κ2) is 5.73. The Hall–Kier alpha value is -1.75. The average Bonchev–Trinajstić information content (AvgIpc) is 2.38. The van der Waals surface area contributed by atoms with Gasteiger partial charge in [0.2, 0.25) is 0 Å². The monoisotopic (exact) mass is 251 g/mol. The van der Waals surface area contributed by atoms with E-state index in [-0.39, 0.29) is 5.91 Å². The smallest absolute Gasteiger partial charge is 0.251 e. The first kappa shape index (κ1) is 12.7. The number of hydrogen-bond donors (Lipinski definition) is 1. The molecule has 0 saturated heterocycles. The normalized spacial score (nSPS) is 13.2. The highest BCUT2D eigenvalue weighted by molar-refractivity contribution is 5.96. The Kier molecular flexibility index (Phi) is 4.04. The van der Waals surface area contributed by atoms with Crippen LogP contribution >= 0.6 is 0 Å². The Morgan fingerprint density at radius 1 is 1.33 bits per heavy atom. The first-order valence-electron chi connectivity index (χ1n) is 5.89. The number of aryl methyl sites for hydroxylation is 1. The molecule has 0 bridgehead atoms. The van der Waals surface area contributed by atoms with Crippen molar-refractivity contribution in [1.29, 1.82) is 0 Å². The van der Waals surface area contributed by atoms with Crippen LogP contribution in [0.5, 0.6) is 11.5 Å². The van der Waals surface area contributed by atoms with Crippen molar-refractivity contribution >= 4 is 5.91 Å². The summed E-state index contributed by atoms with van der Waals surface area (Å²) in [6, 6.07) is 3.56. The van der Waals surface area contributed by atoms with Crippen LogP contribution in [0, 0.1) is 6.92 Å². The summed E-state index contributed by atoms with van der Waals surface area (Å²) in [6.45, 7) is 3.93. The van der Waals surface area contributed by atoms with Crippen LogP contribution in [-0.4, -0.2) is 39.4 Å². The summed E-state index contributed by atoms with van der Waals surface area (Å²) in [5.74, 6) is 1.21. The highest BCUT2D eigenvalue weighted by Crippen LogP contribution is 2.32. The number of carbonyl (C=O) groups is 1. The lowest BCUT2D eigenvalue weighted by Crippen LogP contribution is -2.28. The maximum absolute atomic E-state index is 12.0. The quantitative estimate of drug-likeness (QED) is 0.815. The predicted octanol–water partition coefficient (Wildman–Crippen LogP) is 1.14. The number of rotatable bonds is 4. The molecule has 0 saturated carbocycles. The minimum atomic E-state index is -0.124. The molecule has 98 valence electrons. The van der Waals surface area contributed by atoms with Crippen molar-refractivity contribution in [2.45, 2.75) is 6.92 Å². The van der Waals surface area contributed by atoms with Crippen LogP contribution in [0.3, 0.4) is 0 Å². The van der Waals surface area contributed by atoms with Crippen LogP contribution in [0.4, 0.5) is 0 Å². The highest BCUT2D eigenvalue weighted by Gasteiger charge is 2.17. The number of benzene rings is 1. The molecule has 1 aliphatic heterocycles. The Bertz CT molecular complexity index is 445. The lowest BCUT2D eigenvalue weighted by Gasteiger charge is -2.20. The number of fused-ring (bicyclic) bond motifs is 1. The van der Waals surface area contributed by atoms with Gasteiger partial charge in [-0.3, -0.25) is 4.79 Å². The molecule has 1 amide bonds. The Balaban J connectivity index is 2.14. The zero-order valence-corrected chi connectivity index (χ0v) is 10.6. The van der Waals surface area contributed by atoms with Crippen molar-refractivity contribution in [3.63, 3.8) is 0 Å². The van der Waals surface area contributed by atoms with Gasteiger partial charge in [0.25, 0.3) is 5.91 Å².